The van der Waals surface area contributed by atoms with Crippen molar-refractivity contribution in [2.24, 2.45) is 4.99 Å². The molecule has 0 spiro atoms. The summed E-state index contributed by atoms with van der Waals surface area (Å²) >= 11 is 3.34. The minimum atomic E-state index is -0.614. The topological polar surface area (TPSA) is 91.0 Å². The molecule has 0 saturated heterocycles. The standard InChI is InChI=1S/C17H11BrN2O5/c1-24-15-7-4-11(9-14(15)20(22)23)16-19-13(17(21)25-16)8-10-2-5-12(18)6-3-10/h2-9H,1H3. The van der Waals surface area contributed by atoms with E-state index in [0.717, 1.165) is 10.0 Å². The summed E-state index contributed by atoms with van der Waals surface area (Å²) in [5, 5.41) is 11.1. The fourth-order valence-electron chi connectivity index (χ4n) is 2.22. The van der Waals surface area contributed by atoms with E-state index in [9.17, 15) is 14.9 Å². The third-order valence-electron chi connectivity index (χ3n) is 3.42. The molecule has 2 aromatic carbocycles. The van der Waals surface area contributed by atoms with Crippen LogP contribution in [0, 0.1) is 10.1 Å². The number of ether oxygens (including phenoxy) is 2. The van der Waals surface area contributed by atoms with E-state index >= 15 is 0 Å². The van der Waals surface area contributed by atoms with Gasteiger partial charge >= 0.3 is 11.7 Å². The highest BCUT2D eigenvalue weighted by molar-refractivity contribution is 9.10. The van der Waals surface area contributed by atoms with E-state index in [1.807, 2.05) is 24.3 Å². The van der Waals surface area contributed by atoms with Gasteiger partial charge in [-0.1, -0.05) is 28.1 Å². The first-order valence-electron chi connectivity index (χ1n) is 7.09. The summed E-state index contributed by atoms with van der Waals surface area (Å²) in [6.07, 6.45) is 1.58. The molecule has 1 heterocycles. The van der Waals surface area contributed by atoms with Gasteiger partial charge in [0.1, 0.15) is 0 Å². The Morgan fingerprint density at radius 1 is 1.24 bits per heavy atom. The fraction of sp³-hybridized carbons (Fsp3) is 0.0588. The molecular weight excluding hydrogens is 392 g/mol. The molecule has 0 fully saturated rings. The summed E-state index contributed by atoms with van der Waals surface area (Å²) in [7, 11) is 1.34. The largest absolute Gasteiger partial charge is 0.490 e. The highest BCUT2D eigenvalue weighted by Crippen LogP contribution is 2.29. The quantitative estimate of drug-likeness (QED) is 0.336. The number of aliphatic imine (C=N–C) groups is 1. The van der Waals surface area contributed by atoms with Crippen LogP contribution in [0.3, 0.4) is 0 Å². The first-order chi connectivity index (χ1) is 12.0. The van der Waals surface area contributed by atoms with Gasteiger partial charge in [0, 0.05) is 16.1 Å². The summed E-state index contributed by atoms with van der Waals surface area (Å²) in [4.78, 5) is 26.7. The van der Waals surface area contributed by atoms with Gasteiger partial charge in [-0.15, -0.1) is 0 Å². The minimum Gasteiger partial charge on any atom is -0.490 e. The van der Waals surface area contributed by atoms with Crippen LogP contribution in [0.5, 0.6) is 5.75 Å². The lowest BCUT2D eigenvalue weighted by Gasteiger charge is -2.03. The number of hydrogen-bond acceptors (Lipinski definition) is 6. The van der Waals surface area contributed by atoms with Crippen LogP contribution in [-0.2, 0) is 9.53 Å². The number of halogens is 1. The van der Waals surface area contributed by atoms with E-state index in [-0.39, 0.29) is 23.0 Å². The fourth-order valence-corrected chi connectivity index (χ4v) is 2.48. The molecule has 0 unspecified atom stereocenters. The van der Waals surface area contributed by atoms with Crippen LogP contribution in [-0.4, -0.2) is 23.9 Å². The summed E-state index contributed by atoms with van der Waals surface area (Å²) in [6.45, 7) is 0. The van der Waals surface area contributed by atoms with E-state index in [1.54, 1.807) is 12.1 Å². The maximum Gasteiger partial charge on any atom is 0.363 e. The second-order valence-electron chi connectivity index (χ2n) is 5.03. The molecule has 7 nitrogen and oxygen atoms in total. The SMILES string of the molecule is COc1ccc(C2=NC(=Cc3ccc(Br)cc3)C(=O)O2)cc1[N+](=O)[O-]. The molecule has 8 heteroatoms. The molecule has 0 radical (unpaired) electrons. The van der Waals surface area contributed by atoms with Crippen molar-refractivity contribution in [2.45, 2.75) is 0 Å². The second kappa shape index (κ2) is 6.86. The zero-order valence-corrected chi connectivity index (χ0v) is 14.5. The molecule has 25 heavy (non-hydrogen) atoms. The summed E-state index contributed by atoms with van der Waals surface area (Å²) in [6, 6.07) is 11.5. The van der Waals surface area contributed by atoms with Gasteiger partial charge in [0.05, 0.1) is 12.0 Å². The summed E-state index contributed by atoms with van der Waals surface area (Å²) < 4.78 is 11.0. The van der Waals surface area contributed by atoms with Crippen molar-refractivity contribution in [3.8, 4) is 5.75 Å². The van der Waals surface area contributed by atoms with Crippen LogP contribution in [0.25, 0.3) is 6.08 Å². The highest BCUT2D eigenvalue weighted by Gasteiger charge is 2.26. The summed E-state index contributed by atoms with van der Waals surface area (Å²) in [5.74, 6) is -0.486. The molecule has 0 saturated carbocycles. The van der Waals surface area contributed by atoms with Gasteiger partial charge in [-0.3, -0.25) is 10.1 Å². The molecule has 3 rings (SSSR count). The van der Waals surface area contributed by atoms with Crippen LogP contribution >= 0.6 is 15.9 Å². The average molecular weight is 403 g/mol. The zero-order valence-electron chi connectivity index (χ0n) is 12.9. The van der Waals surface area contributed by atoms with E-state index in [4.69, 9.17) is 9.47 Å². The number of hydrogen-bond donors (Lipinski definition) is 0. The predicted octanol–water partition coefficient (Wildman–Crippen LogP) is 3.71. The number of cyclic esters (lactones) is 1. The van der Waals surface area contributed by atoms with Crippen LogP contribution in [0.1, 0.15) is 11.1 Å². The van der Waals surface area contributed by atoms with Crippen molar-refractivity contribution in [3.63, 3.8) is 0 Å². The van der Waals surface area contributed by atoms with Gasteiger partial charge < -0.3 is 9.47 Å². The minimum absolute atomic E-state index is 0.0131. The van der Waals surface area contributed by atoms with E-state index in [0.29, 0.717) is 5.56 Å². The Kier molecular flexibility index (Phi) is 4.62. The first kappa shape index (κ1) is 16.8. The second-order valence-corrected chi connectivity index (χ2v) is 5.95. The lowest BCUT2D eigenvalue weighted by Crippen LogP contribution is -2.06. The first-order valence-corrected chi connectivity index (χ1v) is 7.88. The third-order valence-corrected chi connectivity index (χ3v) is 3.95. The van der Waals surface area contributed by atoms with E-state index in [2.05, 4.69) is 20.9 Å². The smallest absolute Gasteiger partial charge is 0.363 e. The average Bonchev–Trinajstić information content (AvgIpc) is 2.97. The Balaban J connectivity index is 1.96. The number of nitrogens with zero attached hydrogens (tertiary/aromatic N) is 2. The van der Waals surface area contributed by atoms with Gasteiger partial charge in [0.2, 0.25) is 5.90 Å². The Hall–Kier alpha value is -3.00. The Bertz CT molecular complexity index is 919. The Labute approximate surface area is 150 Å². The van der Waals surface area contributed by atoms with Gasteiger partial charge in [-0.05, 0) is 35.9 Å². The zero-order chi connectivity index (χ0) is 18.0. The molecule has 0 bridgehead atoms. The normalized spacial score (nSPS) is 15.0. The van der Waals surface area contributed by atoms with E-state index < -0.39 is 10.9 Å². The molecule has 2 aromatic rings. The van der Waals surface area contributed by atoms with Gasteiger partial charge in [0.25, 0.3) is 0 Å². The van der Waals surface area contributed by atoms with Crippen LogP contribution < -0.4 is 4.74 Å². The van der Waals surface area contributed by atoms with Crippen molar-refractivity contribution in [2.75, 3.05) is 7.11 Å². The van der Waals surface area contributed by atoms with Gasteiger partial charge in [-0.2, -0.15) is 0 Å². The van der Waals surface area contributed by atoms with Crippen molar-refractivity contribution in [1.82, 2.24) is 0 Å². The molecule has 126 valence electrons. The number of rotatable bonds is 4. The van der Waals surface area contributed by atoms with Gasteiger partial charge in [0.15, 0.2) is 11.4 Å². The molecular formula is C17H11BrN2O5. The maximum absolute atomic E-state index is 12.0. The van der Waals surface area contributed by atoms with Crippen molar-refractivity contribution < 1.29 is 19.2 Å². The van der Waals surface area contributed by atoms with Crippen LogP contribution in [0.2, 0.25) is 0 Å². The van der Waals surface area contributed by atoms with Gasteiger partial charge in [-0.25, -0.2) is 9.79 Å². The predicted molar refractivity (Wildman–Crippen MR) is 94.4 cm³/mol. The number of carbonyl (C=O) groups excluding carboxylic acids is 1. The number of methoxy groups -OCH3 is 1. The van der Waals surface area contributed by atoms with Crippen molar-refractivity contribution >= 4 is 39.6 Å². The van der Waals surface area contributed by atoms with Crippen LogP contribution in [0.15, 0.2) is 57.6 Å². The maximum atomic E-state index is 12.0. The Morgan fingerprint density at radius 2 is 1.96 bits per heavy atom. The number of nitro groups is 1. The third kappa shape index (κ3) is 3.58. The number of nitro benzene ring substituents is 1. The number of carbonyl (C=O) groups is 1. The molecule has 0 atom stereocenters. The lowest BCUT2D eigenvalue weighted by molar-refractivity contribution is -0.385. The molecule has 1 aliphatic rings. The van der Waals surface area contributed by atoms with E-state index in [1.165, 1.54) is 19.2 Å². The molecule has 0 aliphatic carbocycles. The summed E-state index contributed by atoms with van der Waals surface area (Å²) in [5.41, 5.74) is 0.987. The van der Waals surface area contributed by atoms with Crippen molar-refractivity contribution in [3.05, 3.63) is 73.9 Å². The lowest BCUT2D eigenvalue weighted by atomic mass is 10.2. The monoisotopic (exact) mass is 402 g/mol. The molecule has 0 aromatic heterocycles. The molecule has 1 aliphatic heterocycles. The Morgan fingerprint density at radius 3 is 2.60 bits per heavy atom. The highest BCUT2D eigenvalue weighted by atomic mass is 79.9. The van der Waals surface area contributed by atoms with Crippen molar-refractivity contribution in [1.29, 1.82) is 0 Å². The molecule has 0 N–H and O–H groups in total. The van der Waals surface area contributed by atoms with Crippen LogP contribution in [0.4, 0.5) is 5.69 Å². The molecule has 0 amide bonds. The number of esters is 1. The number of benzene rings is 2.